The lowest BCUT2D eigenvalue weighted by molar-refractivity contribution is -0.380. The van der Waals surface area contributed by atoms with Crippen LogP contribution in [0.5, 0.6) is 0 Å². The number of sulfonamides is 1. The number of nitrogens with zero attached hydrogens (tertiary/aromatic N) is 1. The Hall–Kier alpha value is -3.24. The minimum absolute atomic E-state index is 0.116. The van der Waals surface area contributed by atoms with Gasteiger partial charge in [-0.3, -0.25) is 19.6 Å². The van der Waals surface area contributed by atoms with E-state index in [1.165, 1.54) is 29.6 Å². The first-order valence-electron chi connectivity index (χ1n) is 7.57. The van der Waals surface area contributed by atoms with Crippen molar-refractivity contribution < 1.29 is 18.1 Å². The van der Waals surface area contributed by atoms with Gasteiger partial charge in [0.1, 0.15) is 0 Å². The van der Waals surface area contributed by atoms with Gasteiger partial charge in [-0.2, -0.15) is 0 Å². The minimum atomic E-state index is -3.75. The lowest BCUT2D eigenvalue weighted by Crippen LogP contribution is -2.14. The van der Waals surface area contributed by atoms with Crippen LogP contribution in [0.4, 0.5) is 16.4 Å². The summed E-state index contributed by atoms with van der Waals surface area (Å²) in [6.07, 6.45) is 0. The quantitative estimate of drug-likeness (QED) is 0.480. The summed E-state index contributed by atoms with van der Waals surface area (Å²) in [6.45, 7) is 0. The molecule has 3 rings (SSSR count). The van der Waals surface area contributed by atoms with Crippen LogP contribution < -0.4 is 10.0 Å². The van der Waals surface area contributed by atoms with Gasteiger partial charge in [0.2, 0.25) is 0 Å². The van der Waals surface area contributed by atoms with Gasteiger partial charge in [0, 0.05) is 17.1 Å². The van der Waals surface area contributed by atoms with E-state index in [2.05, 4.69) is 10.0 Å². The molecule has 2 aromatic carbocycles. The molecule has 1 aromatic heterocycles. The molecule has 0 unspecified atom stereocenters. The van der Waals surface area contributed by atoms with E-state index in [1.54, 1.807) is 36.4 Å². The van der Waals surface area contributed by atoms with Gasteiger partial charge >= 0.3 is 5.00 Å². The first-order valence-corrected chi connectivity index (χ1v) is 9.94. The number of hydrogen-bond acceptors (Lipinski definition) is 6. The molecule has 0 aliphatic heterocycles. The number of nitrogens with one attached hydrogen (secondary N) is 2. The van der Waals surface area contributed by atoms with E-state index in [4.69, 9.17) is 0 Å². The zero-order valence-corrected chi connectivity index (χ0v) is 15.3. The van der Waals surface area contributed by atoms with Crippen LogP contribution in [0.1, 0.15) is 10.4 Å². The molecule has 0 aliphatic rings. The topological polar surface area (TPSA) is 118 Å². The van der Waals surface area contributed by atoms with Gasteiger partial charge in [-0.15, -0.1) is 0 Å². The summed E-state index contributed by atoms with van der Waals surface area (Å²) in [4.78, 5) is 22.5. The first-order chi connectivity index (χ1) is 12.8. The van der Waals surface area contributed by atoms with Gasteiger partial charge in [0.05, 0.1) is 21.1 Å². The van der Waals surface area contributed by atoms with Crippen molar-refractivity contribution in [2.75, 3.05) is 10.0 Å². The Morgan fingerprint density at radius 1 is 1.00 bits per heavy atom. The molecule has 3 aromatic rings. The smallest absolute Gasteiger partial charge is 0.322 e. The van der Waals surface area contributed by atoms with Crippen molar-refractivity contribution in [3.63, 3.8) is 0 Å². The SMILES string of the molecule is O=C(Nc1cccc(NS(=O)(=O)c2ccccc2)c1)c1csc([N+](=O)[O-])c1. The van der Waals surface area contributed by atoms with Gasteiger partial charge in [0.15, 0.2) is 0 Å². The van der Waals surface area contributed by atoms with Crippen molar-refractivity contribution in [1.29, 1.82) is 0 Å². The molecule has 8 nitrogen and oxygen atoms in total. The molecule has 1 amide bonds. The fraction of sp³-hybridized carbons (Fsp3) is 0. The highest BCUT2D eigenvalue weighted by atomic mass is 32.2. The van der Waals surface area contributed by atoms with Crippen LogP contribution in [0.25, 0.3) is 0 Å². The Balaban J connectivity index is 1.75. The molecule has 2 N–H and O–H groups in total. The summed E-state index contributed by atoms with van der Waals surface area (Å²) in [5.74, 6) is -0.526. The van der Waals surface area contributed by atoms with E-state index in [9.17, 15) is 23.3 Å². The third-order valence-corrected chi connectivity index (χ3v) is 5.73. The Bertz CT molecular complexity index is 1090. The number of amides is 1. The minimum Gasteiger partial charge on any atom is -0.322 e. The monoisotopic (exact) mass is 403 g/mol. The average Bonchev–Trinajstić information content (AvgIpc) is 3.13. The molecule has 10 heteroatoms. The molecular weight excluding hydrogens is 390 g/mol. The Kier molecular flexibility index (Phi) is 5.19. The number of hydrogen-bond donors (Lipinski definition) is 2. The predicted molar refractivity (Wildman–Crippen MR) is 103 cm³/mol. The average molecular weight is 403 g/mol. The maximum atomic E-state index is 12.4. The maximum absolute atomic E-state index is 12.4. The second-order valence-corrected chi connectivity index (χ2v) is 7.96. The molecule has 0 spiro atoms. The normalized spacial score (nSPS) is 11.0. The van der Waals surface area contributed by atoms with Gasteiger partial charge in [-0.05, 0) is 30.3 Å². The highest BCUT2D eigenvalue weighted by Crippen LogP contribution is 2.24. The Morgan fingerprint density at radius 2 is 1.70 bits per heavy atom. The van der Waals surface area contributed by atoms with Crippen molar-refractivity contribution >= 4 is 43.6 Å². The Morgan fingerprint density at radius 3 is 2.37 bits per heavy atom. The molecule has 0 aliphatic carbocycles. The van der Waals surface area contributed by atoms with Crippen LogP contribution >= 0.6 is 11.3 Å². The van der Waals surface area contributed by atoms with Crippen LogP contribution in [0.3, 0.4) is 0 Å². The fourth-order valence-electron chi connectivity index (χ4n) is 2.22. The molecule has 1 heterocycles. The standard InChI is InChI=1S/C17H13N3O5S2/c21-17(12-9-16(20(22)23)26-11-12)18-13-5-4-6-14(10-13)19-27(24,25)15-7-2-1-3-8-15/h1-11,19H,(H,18,21). The van der Waals surface area contributed by atoms with Crippen LogP contribution in [0.15, 0.2) is 70.9 Å². The Labute approximate surface area is 158 Å². The molecule has 0 radical (unpaired) electrons. The van der Waals surface area contributed by atoms with Gasteiger partial charge < -0.3 is 5.32 Å². The predicted octanol–water partition coefficient (Wildman–Crippen LogP) is 3.71. The summed E-state index contributed by atoms with van der Waals surface area (Å²) in [5.41, 5.74) is 0.775. The van der Waals surface area contributed by atoms with Crippen LogP contribution in [0, 0.1) is 10.1 Å². The molecule has 138 valence electrons. The van der Waals surface area contributed by atoms with E-state index < -0.39 is 20.9 Å². The van der Waals surface area contributed by atoms with Crippen molar-refractivity contribution in [2.45, 2.75) is 4.90 Å². The zero-order valence-electron chi connectivity index (χ0n) is 13.7. The summed E-state index contributed by atoms with van der Waals surface area (Å²) < 4.78 is 27.2. The molecule has 0 bridgehead atoms. The van der Waals surface area contributed by atoms with Crippen molar-refractivity contribution in [2.24, 2.45) is 0 Å². The van der Waals surface area contributed by atoms with Gasteiger partial charge in [-0.25, -0.2) is 8.42 Å². The van der Waals surface area contributed by atoms with Crippen LogP contribution in [0.2, 0.25) is 0 Å². The lowest BCUT2D eigenvalue weighted by atomic mass is 10.2. The number of thiophene rings is 1. The number of rotatable bonds is 6. The largest absolute Gasteiger partial charge is 0.324 e. The maximum Gasteiger partial charge on any atom is 0.324 e. The van der Waals surface area contributed by atoms with Crippen LogP contribution in [-0.2, 0) is 10.0 Å². The number of benzene rings is 2. The molecule has 0 fully saturated rings. The third kappa shape index (κ3) is 4.49. The number of carbonyl (C=O) groups excluding carboxylic acids is 1. The van der Waals surface area contributed by atoms with Gasteiger partial charge in [-0.1, -0.05) is 35.6 Å². The molecule has 0 atom stereocenters. The third-order valence-electron chi connectivity index (χ3n) is 3.45. The van der Waals surface area contributed by atoms with E-state index in [-0.39, 0.29) is 21.1 Å². The van der Waals surface area contributed by atoms with Crippen molar-refractivity contribution in [1.82, 2.24) is 0 Å². The molecule has 0 saturated carbocycles. The summed E-state index contributed by atoms with van der Waals surface area (Å²) in [6, 6.07) is 15.2. The molecule has 27 heavy (non-hydrogen) atoms. The highest BCUT2D eigenvalue weighted by molar-refractivity contribution is 7.92. The zero-order chi connectivity index (χ0) is 19.4. The van der Waals surface area contributed by atoms with Gasteiger partial charge in [0.25, 0.3) is 15.9 Å². The van der Waals surface area contributed by atoms with Crippen molar-refractivity contribution in [3.8, 4) is 0 Å². The van der Waals surface area contributed by atoms with E-state index in [1.807, 2.05) is 0 Å². The number of carbonyl (C=O) groups is 1. The summed E-state index contributed by atoms with van der Waals surface area (Å²) in [7, 11) is -3.75. The molecular formula is C17H13N3O5S2. The van der Waals surface area contributed by atoms with E-state index in [0.29, 0.717) is 5.69 Å². The van der Waals surface area contributed by atoms with E-state index in [0.717, 1.165) is 11.3 Å². The molecule has 0 saturated heterocycles. The lowest BCUT2D eigenvalue weighted by Gasteiger charge is -2.10. The number of anilines is 2. The van der Waals surface area contributed by atoms with E-state index >= 15 is 0 Å². The van der Waals surface area contributed by atoms with Crippen LogP contribution in [-0.4, -0.2) is 19.2 Å². The number of nitro groups is 1. The summed E-state index contributed by atoms with van der Waals surface area (Å²) in [5, 5.41) is 14.5. The van der Waals surface area contributed by atoms with Crippen molar-refractivity contribution in [3.05, 3.63) is 81.7 Å². The highest BCUT2D eigenvalue weighted by Gasteiger charge is 2.16. The fourth-order valence-corrected chi connectivity index (χ4v) is 3.99. The second kappa shape index (κ2) is 7.56. The second-order valence-electron chi connectivity index (χ2n) is 5.38. The summed E-state index contributed by atoms with van der Waals surface area (Å²) >= 11 is 0.854. The first kappa shape index (κ1) is 18.5.